The maximum absolute atomic E-state index is 11.8. The molecule has 6 nitrogen and oxygen atoms in total. The van der Waals surface area contributed by atoms with E-state index in [4.69, 9.17) is 9.47 Å². The van der Waals surface area contributed by atoms with Crippen LogP contribution in [0.4, 0.5) is 4.79 Å². The highest BCUT2D eigenvalue weighted by atomic mass is 16.6. The minimum atomic E-state index is -0.613. The summed E-state index contributed by atoms with van der Waals surface area (Å²) >= 11 is 0. The van der Waals surface area contributed by atoms with Gasteiger partial charge in [0.05, 0.1) is 18.2 Å². The molecule has 0 aliphatic heterocycles. The van der Waals surface area contributed by atoms with E-state index in [1.807, 2.05) is 0 Å². The van der Waals surface area contributed by atoms with Crippen LogP contribution in [0.5, 0.6) is 0 Å². The number of carbonyl (C=O) groups is 2. The Kier molecular flexibility index (Phi) is 5.98. The first kappa shape index (κ1) is 16.5. The summed E-state index contributed by atoms with van der Waals surface area (Å²) in [4.78, 5) is 23.4. The summed E-state index contributed by atoms with van der Waals surface area (Å²) in [5.41, 5.74) is 2.45. The fourth-order valence-electron chi connectivity index (χ4n) is 2.04. The molecule has 114 valence electrons. The lowest BCUT2D eigenvalue weighted by atomic mass is 9.87. The van der Waals surface area contributed by atoms with Gasteiger partial charge in [0.1, 0.15) is 5.60 Å². The Morgan fingerprint density at radius 3 is 2.65 bits per heavy atom. The lowest BCUT2D eigenvalue weighted by Crippen LogP contribution is -2.34. The summed E-state index contributed by atoms with van der Waals surface area (Å²) in [6.07, 6.45) is 2.73. The van der Waals surface area contributed by atoms with Crippen LogP contribution in [0.2, 0.25) is 0 Å². The Hall–Kier alpha value is -1.59. The second-order valence-electron chi connectivity index (χ2n) is 5.77. The number of hydrazone groups is 1. The molecule has 1 aliphatic rings. The third-order valence-corrected chi connectivity index (χ3v) is 2.84. The largest absolute Gasteiger partial charge is 0.465 e. The van der Waals surface area contributed by atoms with Gasteiger partial charge in [-0.1, -0.05) is 6.42 Å². The van der Waals surface area contributed by atoms with E-state index in [1.54, 1.807) is 27.7 Å². The molecule has 1 N–H and O–H groups in total. The standard InChI is InChI=1S/C14H24N2O4/c1-5-19-12(17)10-8-6-7-9-11(10)15-16-13(18)20-14(2,3)4/h10H,5-9H2,1-4H3,(H,16,18)/b15-11+. The Morgan fingerprint density at radius 2 is 2.05 bits per heavy atom. The quantitative estimate of drug-likeness (QED) is 0.638. The minimum Gasteiger partial charge on any atom is -0.465 e. The average molecular weight is 284 g/mol. The van der Waals surface area contributed by atoms with Crippen LogP contribution in [-0.2, 0) is 14.3 Å². The number of hydrogen-bond donors (Lipinski definition) is 1. The summed E-state index contributed by atoms with van der Waals surface area (Å²) in [6, 6.07) is 0. The van der Waals surface area contributed by atoms with Crippen LogP contribution in [0.25, 0.3) is 0 Å². The minimum absolute atomic E-state index is 0.267. The molecule has 1 rings (SSSR count). The average Bonchev–Trinajstić information content (AvgIpc) is 2.35. The van der Waals surface area contributed by atoms with Crippen LogP contribution in [-0.4, -0.2) is 30.0 Å². The monoisotopic (exact) mass is 284 g/mol. The molecule has 20 heavy (non-hydrogen) atoms. The molecular formula is C14H24N2O4. The van der Waals surface area contributed by atoms with Gasteiger partial charge in [-0.25, -0.2) is 10.2 Å². The van der Waals surface area contributed by atoms with Crippen molar-refractivity contribution in [3.05, 3.63) is 0 Å². The number of rotatable bonds is 3. The van der Waals surface area contributed by atoms with E-state index >= 15 is 0 Å². The van der Waals surface area contributed by atoms with Crippen LogP contribution >= 0.6 is 0 Å². The number of esters is 1. The van der Waals surface area contributed by atoms with Gasteiger partial charge < -0.3 is 9.47 Å². The van der Waals surface area contributed by atoms with Gasteiger partial charge >= 0.3 is 12.1 Å². The number of amides is 1. The van der Waals surface area contributed by atoms with Gasteiger partial charge in [-0.15, -0.1) is 0 Å². The number of carbonyl (C=O) groups excluding carboxylic acids is 2. The molecule has 0 saturated heterocycles. The third-order valence-electron chi connectivity index (χ3n) is 2.84. The van der Waals surface area contributed by atoms with E-state index in [1.165, 1.54) is 0 Å². The third kappa shape index (κ3) is 5.59. The smallest absolute Gasteiger partial charge is 0.428 e. The lowest BCUT2D eigenvalue weighted by Gasteiger charge is -2.23. The van der Waals surface area contributed by atoms with Crippen molar-refractivity contribution >= 4 is 17.8 Å². The van der Waals surface area contributed by atoms with Crippen LogP contribution in [0.15, 0.2) is 5.10 Å². The fourth-order valence-corrected chi connectivity index (χ4v) is 2.04. The molecule has 0 heterocycles. The number of nitrogens with zero attached hydrogens (tertiary/aromatic N) is 1. The predicted octanol–water partition coefficient (Wildman–Crippen LogP) is 2.62. The fraction of sp³-hybridized carbons (Fsp3) is 0.786. The summed E-state index contributed by atoms with van der Waals surface area (Å²) in [6.45, 7) is 7.46. The van der Waals surface area contributed by atoms with Gasteiger partial charge in [0.15, 0.2) is 0 Å². The van der Waals surface area contributed by atoms with Crippen molar-refractivity contribution in [2.24, 2.45) is 11.0 Å². The molecule has 1 aliphatic carbocycles. The first-order valence-electron chi connectivity index (χ1n) is 7.05. The van der Waals surface area contributed by atoms with Crippen molar-refractivity contribution in [2.75, 3.05) is 6.61 Å². The van der Waals surface area contributed by atoms with Crippen molar-refractivity contribution in [3.63, 3.8) is 0 Å². The molecule has 1 amide bonds. The zero-order chi connectivity index (χ0) is 15.2. The SMILES string of the molecule is CCOC(=O)C1CCCC/C1=N\NC(=O)OC(C)(C)C. The Morgan fingerprint density at radius 1 is 1.35 bits per heavy atom. The van der Waals surface area contributed by atoms with E-state index in [9.17, 15) is 9.59 Å². The van der Waals surface area contributed by atoms with Crippen LogP contribution in [0.1, 0.15) is 53.4 Å². The number of hydrogen-bond acceptors (Lipinski definition) is 5. The summed E-state index contributed by atoms with van der Waals surface area (Å²) in [5.74, 6) is -0.615. The van der Waals surface area contributed by atoms with E-state index in [-0.39, 0.29) is 11.9 Å². The summed E-state index contributed by atoms with van der Waals surface area (Å²) < 4.78 is 10.1. The topological polar surface area (TPSA) is 77.0 Å². The Bertz CT molecular complexity index is 385. The van der Waals surface area contributed by atoms with Crippen LogP contribution in [0, 0.1) is 5.92 Å². The first-order valence-corrected chi connectivity index (χ1v) is 7.05. The second kappa shape index (κ2) is 7.26. The van der Waals surface area contributed by atoms with Crippen molar-refractivity contribution in [1.29, 1.82) is 0 Å². The molecule has 0 aromatic rings. The highest BCUT2D eigenvalue weighted by Gasteiger charge is 2.29. The molecule has 0 radical (unpaired) electrons. The molecule has 0 aromatic heterocycles. The highest BCUT2D eigenvalue weighted by molar-refractivity contribution is 6.02. The van der Waals surface area contributed by atoms with E-state index < -0.39 is 11.7 Å². The molecule has 1 atom stereocenters. The molecule has 0 bridgehead atoms. The molecule has 1 saturated carbocycles. The van der Waals surface area contributed by atoms with Gasteiger partial charge in [0.2, 0.25) is 0 Å². The molecule has 0 aromatic carbocycles. The zero-order valence-corrected chi connectivity index (χ0v) is 12.7. The van der Waals surface area contributed by atoms with E-state index in [0.29, 0.717) is 25.2 Å². The maximum Gasteiger partial charge on any atom is 0.428 e. The molecule has 1 unspecified atom stereocenters. The van der Waals surface area contributed by atoms with Gasteiger partial charge in [-0.2, -0.15) is 5.10 Å². The van der Waals surface area contributed by atoms with Crippen LogP contribution in [0.3, 0.4) is 0 Å². The van der Waals surface area contributed by atoms with Gasteiger partial charge in [-0.05, 0) is 47.0 Å². The van der Waals surface area contributed by atoms with Gasteiger partial charge in [0, 0.05) is 0 Å². The Balaban J connectivity index is 2.63. The summed E-state index contributed by atoms with van der Waals surface area (Å²) in [5, 5.41) is 4.04. The van der Waals surface area contributed by atoms with Crippen LogP contribution < -0.4 is 5.43 Å². The molecular weight excluding hydrogens is 260 g/mol. The summed E-state index contributed by atoms with van der Waals surface area (Å²) in [7, 11) is 0. The predicted molar refractivity (Wildman–Crippen MR) is 75.4 cm³/mol. The Labute approximate surface area is 119 Å². The zero-order valence-electron chi connectivity index (χ0n) is 12.7. The normalized spacial score (nSPS) is 21.4. The number of ether oxygens (including phenoxy) is 2. The first-order chi connectivity index (χ1) is 9.33. The van der Waals surface area contributed by atoms with Crippen molar-refractivity contribution in [3.8, 4) is 0 Å². The van der Waals surface area contributed by atoms with Gasteiger partial charge in [0.25, 0.3) is 0 Å². The van der Waals surface area contributed by atoms with E-state index in [0.717, 1.165) is 12.8 Å². The molecule has 1 fully saturated rings. The van der Waals surface area contributed by atoms with Crippen molar-refractivity contribution in [2.45, 2.75) is 59.0 Å². The molecule has 0 spiro atoms. The highest BCUT2D eigenvalue weighted by Crippen LogP contribution is 2.23. The molecule has 6 heteroatoms. The maximum atomic E-state index is 11.8. The van der Waals surface area contributed by atoms with Crippen molar-refractivity contribution in [1.82, 2.24) is 5.43 Å². The number of nitrogens with one attached hydrogen (secondary N) is 1. The van der Waals surface area contributed by atoms with Gasteiger partial charge in [-0.3, -0.25) is 4.79 Å². The van der Waals surface area contributed by atoms with Crippen molar-refractivity contribution < 1.29 is 19.1 Å². The van der Waals surface area contributed by atoms with E-state index in [2.05, 4.69) is 10.5 Å². The second-order valence-corrected chi connectivity index (χ2v) is 5.77. The lowest BCUT2D eigenvalue weighted by molar-refractivity contribution is -0.146.